The molecule has 19 heavy (non-hydrogen) atoms. The van der Waals surface area contributed by atoms with Crippen molar-refractivity contribution in [2.45, 2.75) is 19.3 Å². The Kier molecular flexibility index (Phi) is 6.87. The number of aliphatic hydroxyl groups excluding tert-OH is 1. The van der Waals surface area contributed by atoms with E-state index in [0.29, 0.717) is 19.4 Å². The number of hydrogen-bond acceptors (Lipinski definition) is 3. The zero-order chi connectivity index (χ0) is 14.3. The lowest BCUT2D eigenvalue weighted by Crippen LogP contribution is -2.28. The molecule has 0 radical (unpaired) electrons. The van der Waals surface area contributed by atoms with Crippen molar-refractivity contribution in [1.29, 1.82) is 0 Å². The Morgan fingerprint density at radius 1 is 1.47 bits per heavy atom. The van der Waals surface area contributed by atoms with Gasteiger partial charge in [-0.2, -0.15) is 0 Å². The van der Waals surface area contributed by atoms with Gasteiger partial charge in [0.25, 0.3) is 0 Å². The van der Waals surface area contributed by atoms with Crippen molar-refractivity contribution in [2.24, 2.45) is 0 Å². The molecular weight excluding hydrogens is 310 g/mol. The molecule has 1 rings (SSSR count). The van der Waals surface area contributed by atoms with Gasteiger partial charge in [0.1, 0.15) is 5.75 Å². The van der Waals surface area contributed by atoms with Gasteiger partial charge in [-0.25, -0.2) is 0 Å². The Balaban J connectivity index is 2.48. The number of carbonyl (C=O) groups is 1. The lowest BCUT2D eigenvalue weighted by atomic mass is 10.1. The monoisotopic (exact) mass is 329 g/mol. The second kappa shape index (κ2) is 8.17. The molecule has 0 atom stereocenters. The van der Waals surface area contributed by atoms with Gasteiger partial charge in [0.05, 0.1) is 11.6 Å². The normalized spacial score (nSPS) is 10.3. The molecule has 106 valence electrons. The lowest BCUT2D eigenvalue weighted by Gasteiger charge is -2.17. The lowest BCUT2D eigenvalue weighted by molar-refractivity contribution is -0.130. The molecule has 0 unspecified atom stereocenters. The average molecular weight is 330 g/mol. The molecule has 0 aromatic heterocycles. The van der Waals surface area contributed by atoms with E-state index < -0.39 is 0 Å². The van der Waals surface area contributed by atoms with Crippen molar-refractivity contribution >= 4 is 21.8 Å². The highest BCUT2D eigenvalue weighted by Gasteiger charge is 2.08. The van der Waals surface area contributed by atoms with Crippen molar-refractivity contribution < 1.29 is 14.6 Å². The first-order valence-electron chi connectivity index (χ1n) is 6.25. The van der Waals surface area contributed by atoms with Gasteiger partial charge < -0.3 is 14.7 Å². The maximum absolute atomic E-state index is 11.7. The summed E-state index contributed by atoms with van der Waals surface area (Å²) >= 11 is 3.44. The number of ether oxygens (including phenoxy) is 1. The molecular formula is C14H20BrNO3. The fourth-order valence-electron chi connectivity index (χ4n) is 1.71. The standard InChI is InChI=1S/C14H20BrNO3/c1-16(14(18)4-3-9-17)8-7-11-5-6-13(19-2)12(15)10-11/h5-6,10,17H,3-4,7-9H2,1-2H3. The fraction of sp³-hybridized carbons (Fsp3) is 0.500. The van der Waals surface area contributed by atoms with Crippen molar-refractivity contribution in [3.63, 3.8) is 0 Å². The quantitative estimate of drug-likeness (QED) is 0.834. The van der Waals surface area contributed by atoms with Gasteiger partial charge in [0, 0.05) is 26.6 Å². The Labute approximate surface area is 122 Å². The number of nitrogens with zero attached hydrogens (tertiary/aromatic N) is 1. The molecule has 0 saturated heterocycles. The molecule has 5 heteroatoms. The molecule has 0 aliphatic carbocycles. The van der Waals surface area contributed by atoms with Crippen LogP contribution in [-0.4, -0.2) is 43.2 Å². The van der Waals surface area contributed by atoms with Crippen molar-refractivity contribution in [3.8, 4) is 5.75 Å². The highest BCUT2D eigenvalue weighted by molar-refractivity contribution is 9.10. The summed E-state index contributed by atoms with van der Waals surface area (Å²) in [6.07, 6.45) is 1.72. The van der Waals surface area contributed by atoms with Crippen molar-refractivity contribution in [3.05, 3.63) is 28.2 Å². The van der Waals surface area contributed by atoms with Crippen LogP contribution in [0, 0.1) is 0 Å². The molecule has 0 aliphatic heterocycles. The second-order valence-corrected chi connectivity index (χ2v) is 5.22. The number of aliphatic hydroxyl groups is 1. The Bertz CT molecular complexity index is 423. The van der Waals surface area contributed by atoms with E-state index in [1.807, 2.05) is 18.2 Å². The molecule has 0 aliphatic rings. The number of methoxy groups -OCH3 is 1. The summed E-state index contributed by atoms with van der Waals surface area (Å²) in [6.45, 7) is 0.730. The minimum atomic E-state index is 0.0605. The predicted molar refractivity (Wildman–Crippen MR) is 78.4 cm³/mol. The summed E-state index contributed by atoms with van der Waals surface area (Å²) in [5, 5.41) is 8.70. The Morgan fingerprint density at radius 2 is 2.21 bits per heavy atom. The van der Waals surface area contributed by atoms with E-state index in [-0.39, 0.29) is 12.5 Å². The van der Waals surface area contributed by atoms with Crippen LogP contribution in [0.4, 0.5) is 0 Å². The van der Waals surface area contributed by atoms with Gasteiger partial charge in [-0.15, -0.1) is 0 Å². The SMILES string of the molecule is COc1ccc(CCN(C)C(=O)CCCO)cc1Br. The van der Waals surface area contributed by atoms with Crippen LogP contribution in [0.3, 0.4) is 0 Å². The third-order valence-corrected chi connectivity index (χ3v) is 3.55. The summed E-state index contributed by atoms with van der Waals surface area (Å²) in [5.41, 5.74) is 1.15. The first-order valence-corrected chi connectivity index (χ1v) is 7.05. The van der Waals surface area contributed by atoms with Crippen LogP contribution in [0.2, 0.25) is 0 Å². The predicted octanol–water partition coefficient (Wildman–Crippen LogP) is 2.23. The second-order valence-electron chi connectivity index (χ2n) is 4.36. The van der Waals surface area contributed by atoms with Crippen LogP contribution in [0.5, 0.6) is 5.75 Å². The van der Waals surface area contributed by atoms with E-state index in [2.05, 4.69) is 15.9 Å². The third kappa shape index (κ3) is 5.20. The highest BCUT2D eigenvalue weighted by atomic mass is 79.9. The van der Waals surface area contributed by atoms with Crippen LogP contribution in [0.15, 0.2) is 22.7 Å². The minimum absolute atomic E-state index is 0.0605. The van der Waals surface area contributed by atoms with Crippen LogP contribution in [0.25, 0.3) is 0 Å². The topological polar surface area (TPSA) is 49.8 Å². The van der Waals surface area contributed by atoms with E-state index in [0.717, 1.165) is 22.2 Å². The van der Waals surface area contributed by atoms with E-state index in [9.17, 15) is 4.79 Å². The largest absolute Gasteiger partial charge is 0.496 e. The number of benzene rings is 1. The number of halogens is 1. The van der Waals surface area contributed by atoms with Gasteiger partial charge in [0.2, 0.25) is 5.91 Å². The summed E-state index contributed by atoms with van der Waals surface area (Å²) in [4.78, 5) is 13.4. The number of carbonyl (C=O) groups excluding carboxylic acids is 1. The molecule has 1 amide bonds. The van der Waals surface area contributed by atoms with Gasteiger partial charge >= 0.3 is 0 Å². The first kappa shape index (κ1) is 16.0. The summed E-state index contributed by atoms with van der Waals surface area (Å²) in [6, 6.07) is 5.91. The zero-order valence-electron chi connectivity index (χ0n) is 11.4. The molecule has 0 heterocycles. The highest BCUT2D eigenvalue weighted by Crippen LogP contribution is 2.25. The van der Waals surface area contributed by atoms with Crippen LogP contribution in [-0.2, 0) is 11.2 Å². The number of amides is 1. The first-order chi connectivity index (χ1) is 9.08. The smallest absolute Gasteiger partial charge is 0.222 e. The molecule has 1 N–H and O–H groups in total. The number of hydrogen-bond donors (Lipinski definition) is 1. The molecule has 0 fully saturated rings. The number of rotatable bonds is 7. The van der Waals surface area contributed by atoms with Gasteiger partial charge in [-0.1, -0.05) is 6.07 Å². The van der Waals surface area contributed by atoms with Crippen molar-refractivity contribution in [2.75, 3.05) is 27.3 Å². The fourth-order valence-corrected chi connectivity index (χ4v) is 2.30. The summed E-state index contributed by atoms with van der Waals surface area (Å²) < 4.78 is 6.09. The number of likely N-dealkylation sites (N-methyl/N-ethyl adjacent to an activating group) is 1. The third-order valence-electron chi connectivity index (χ3n) is 2.93. The van der Waals surface area contributed by atoms with E-state index in [4.69, 9.17) is 9.84 Å². The minimum Gasteiger partial charge on any atom is -0.496 e. The van der Waals surface area contributed by atoms with Crippen LogP contribution >= 0.6 is 15.9 Å². The van der Waals surface area contributed by atoms with Gasteiger partial charge in [0.15, 0.2) is 0 Å². The van der Waals surface area contributed by atoms with Crippen molar-refractivity contribution in [1.82, 2.24) is 4.90 Å². The van der Waals surface area contributed by atoms with E-state index in [1.54, 1.807) is 19.1 Å². The average Bonchev–Trinajstić information content (AvgIpc) is 2.42. The van der Waals surface area contributed by atoms with Gasteiger partial charge in [-0.05, 0) is 46.5 Å². The molecule has 1 aromatic rings. The van der Waals surface area contributed by atoms with E-state index in [1.165, 1.54) is 0 Å². The van der Waals surface area contributed by atoms with Gasteiger partial charge in [-0.3, -0.25) is 4.79 Å². The summed E-state index contributed by atoms with van der Waals surface area (Å²) in [7, 11) is 3.42. The Morgan fingerprint density at radius 3 is 2.79 bits per heavy atom. The maximum atomic E-state index is 11.7. The summed E-state index contributed by atoms with van der Waals surface area (Å²) in [5.74, 6) is 0.873. The van der Waals surface area contributed by atoms with E-state index >= 15 is 0 Å². The van der Waals surface area contributed by atoms with Crippen LogP contribution < -0.4 is 4.74 Å². The molecule has 0 spiro atoms. The zero-order valence-corrected chi connectivity index (χ0v) is 12.9. The molecule has 0 bridgehead atoms. The Hall–Kier alpha value is -1.07. The molecule has 0 saturated carbocycles. The van der Waals surface area contributed by atoms with Crippen LogP contribution in [0.1, 0.15) is 18.4 Å². The maximum Gasteiger partial charge on any atom is 0.222 e. The molecule has 1 aromatic carbocycles. The molecule has 4 nitrogen and oxygen atoms in total.